The Morgan fingerprint density at radius 1 is 1.18 bits per heavy atom. The van der Waals surface area contributed by atoms with E-state index in [2.05, 4.69) is 27.0 Å². The Bertz CT molecular complexity index is 1240. The lowest BCUT2D eigenvalue weighted by atomic mass is 9.70. The first-order valence-electron chi connectivity index (χ1n) is 8.98. The van der Waals surface area contributed by atoms with Gasteiger partial charge >= 0.3 is 0 Å². The molecule has 1 aliphatic carbocycles. The van der Waals surface area contributed by atoms with Crippen LogP contribution in [0.4, 0.5) is 22.2 Å². The number of nitrogens with zero attached hydrogens (tertiary/aromatic N) is 5. The van der Waals surface area contributed by atoms with Crippen LogP contribution in [-0.2, 0) is 6.54 Å². The summed E-state index contributed by atoms with van der Waals surface area (Å²) in [5.74, 6) is -0.320. The van der Waals surface area contributed by atoms with E-state index in [1.807, 2.05) is 0 Å². The molecule has 144 valence electrons. The molecule has 10 heteroatoms. The Kier molecular flexibility index (Phi) is 3.31. The van der Waals surface area contributed by atoms with E-state index in [1.54, 1.807) is 4.68 Å². The average molecular weight is 382 g/mol. The van der Waals surface area contributed by atoms with E-state index < -0.39 is 5.82 Å². The Labute approximate surface area is 158 Å². The maximum atomic E-state index is 14.9. The number of fused-ring (bicyclic) bond motifs is 2. The van der Waals surface area contributed by atoms with Crippen molar-refractivity contribution >= 4 is 39.9 Å². The van der Waals surface area contributed by atoms with Crippen LogP contribution in [0.5, 0.6) is 0 Å². The molecule has 3 aromatic heterocycles. The highest BCUT2D eigenvalue weighted by Crippen LogP contribution is 2.43. The van der Waals surface area contributed by atoms with Gasteiger partial charge in [0, 0.05) is 18.2 Å². The molecule has 0 bridgehead atoms. The summed E-state index contributed by atoms with van der Waals surface area (Å²) in [7, 11) is 0. The molecule has 4 aromatic rings. The van der Waals surface area contributed by atoms with Crippen molar-refractivity contribution in [1.29, 1.82) is 0 Å². The topological polar surface area (TPSA) is 148 Å². The van der Waals surface area contributed by atoms with Crippen LogP contribution in [0.15, 0.2) is 16.5 Å². The third-order valence-electron chi connectivity index (χ3n) is 5.48. The highest BCUT2D eigenvalue weighted by Gasteiger charge is 2.34. The molecule has 6 N–H and O–H groups in total. The van der Waals surface area contributed by atoms with Crippen LogP contribution < -0.4 is 17.2 Å². The number of nitrogen functional groups attached to an aromatic ring is 3. The van der Waals surface area contributed by atoms with Crippen LogP contribution in [0.3, 0.4) is 0 Å². The normalized spacial score (nSPS) is 15.9. The van der Waals surface area contributed by atoms with Crippen molar-refractivity contribution in [2.45, 2.75) is 32.7 Å². The molecule has 0 spiro atoms. The molecular weight excluding hydrogens is 363 g/mol. The Hall–Kier alpha value is -3.43. The van der Waals surface area contributed by atoms with Gasteiger partial charge in [0.15, 0.2) is 11.2 Å². The van der Waals surface area contributed by atoms with Gasteiger partial charge in [-0.15, -0.1) is 0 Å². The van der Waals surface area contributed by atoms with E-state index in [0.717, 1.165) is 12.8 Å². The van der Waals surface area contributed by atoms with E-state index in [1.165, 1.54) is 18.6 Å². The molecule has 1 saturated carbocycles. The van der Waals surface area contributed by atoms with Crippen molar-refractivity contribution < 1.29 is 8.81 Å². The summed E-state index contributed by atoms with van der Waals surface area (Å²) in [6.45, 7) is 2.84. The lowest BCUT2D eigenvalue weighted by Crippen LogP contribution is -2.31. The SMILES string of the molecule is CC1(Cn2nc(-c3cc4nc(N)oc4cc3F)c3c(N)nc(N)nc32)CCC1. The molecule has 0 atom stereocenters. The first kappa shape index (κ1) is 16.7. The molecule has 3 heterocycles. The number of benzene rings is 1. The van der Waals surface area contributed by atoms with E-state index >= 15 is 0 Å². The minimum Gasteiger partial charge on any atom is -0.424 e. The summed E-state index contributed by atoms with van der Waals surface area (Å²) in [5.41, 5.74) is 19.4. The van der Waals surface area contributed by atoms with Gasteiger partial charge in [-0.2, -0.15) is 20.1 Å². The molecule has 28 heavy (non-hydrogen) atoms. The molecule has 1 aromatic carbocycles. The Balaban J connectivity index is 1.76. The van der Waals surface area contributed by atoms with Crippen molar-refractivity contribution in [2.24, 2.45) is 5.41 Å². The Morgan fingerprint density at radius 3 is 2.68 bits per heavy atom. The minimum absolute atomic E-state index is 0.0320. The highest BCUT2D eigenvalue weighted by atomic mass is 19.1. The van der Waals surface area contributed by atoms with Crippen LogP contribution in [0.2, 0.25) is 0 Å². The molecule has 0 unspecified atom stereocenters. The van der Waals surface area contributed by atoms with E-state index in [-0.39, 0.29) is 34.3 Å². The van der Waals surface area contributed by atoms with Gasteiger partial charge in [0.1, 0.15) is 22.8 Å². The fourth-order valence-corrected chi connectivity index (χ4v) is 3.86. The van der Waals surface area contributed by atoms with Crippen LogP contribution in [0.25, 0.3) is 33.4 Å². The monoisotopic (exact) mass is 382 g/mol. The second-order valence-electron chi connectivity index (χ2n) is 7.69. The Morgan fingerprint density at radius 2 is 1.96 bits per heavy atom. The zero-order valence-electron chi connectivity index (χ0n) is 15.2. The summed E-state index contributed by atoms with van der Waals surface area (Å²) < 4.78 is 21.8. The van der Waals surface area contributed by atoms with Gasteiger partial charge in [0.2, 0.25) is 5.95 Å². The van der Waals surface area contributed by atoms with Crippen molar-refractivity contribution in [3.05, 3.63) is 17.9 Å². The smallest absolute Gasteiger partial charge is 0.292 e. The van der Waals surface area contributed by atoms with Gasteiger partial charge in [0.25, 0.3) is 6.01 Å². The van der Waals surface area contributed by atoms with Gasteiger partial charge in [0.05, 0.1) is 5.39 Å². The predicted octanol–water partition coefficient (Wildman–Crippen LogP) is 2.71. The molecule has 9 nitrogen and oxygen atoms in total. The summed E-state index contributed by atoms with van der Waals surface area (Å²) in [6.07, 6.45) is 3.37. The van der Waals surface area contributed by atoms with Crippen molar-refractivity contribution in [1.82, 2.24) is 24.7 Å². The largest absolute Gasteiger partial charge is 0.424 e. The number of oxazole rings is 1. The third kappa shape index (κ3) is 2.44. The number of hydrogen-bond acceptors (Lipinski definition) is 8. The first-order valence-corrected chi connectivity index (χ1v) is 8.98. The van der Waals surface area contributed by atoms with Crippen LogP contribution in [0, 0.1) is 11.2 Å². The summed E-state index contributed by atoms with van der Waals surface area (Å²) in [4.78, 5) is 12.4. The fourth-order valence-electron chi connectivity index (χ4n) is 3.86. The molecule has 1 aliphatic rings. The number of aromatic nitrogens is 5. The molecule has 1 fully saturated rings. The van der Waals surface area contributed by atoms with Gasteiger partial charge < -0.3 is 21.6 Å². The first-order chi connectivity index (χ1) is 13.3. The summed E-state index contributed by atoms with van der Waals surface area (Å²) in [6, 6.07) is 2.74. The zero-order chi connectivity index (χ0) is 19.6. The van der Waals surface area contributed by atoms with Crippen molar-refractivity contribution in [3.8, 4) is 11.3 Å². The average Bonchev–Trinajstić information content (AvgIpc) is 3.12. The number of nitrogens with two attached hydrogens (primary N) is 3. The van der Waals surface area contributed by atoms with Gasteiger partial charge in [-0.25, -0.2) is 9.07 Å². The van der Waals surface area contributed by atoms with E-state index in [4.69, 9.17) is 21.6 Å². The van der Waals surface area contributed by atoms with Crippen LogP contribution in [0.1, 0.15) is 26.2 Å². The molecular formula is C18H19FN8O. The van der Waals surface area contributed by atoms with Crippen LogP contribution in [-0.4, -0.2) is 24.7 Å². The fraction of sp³-hybridized carbons (Fsp3) is 0.333. The molecule has 0 saturated heterocycles. The van der Waals surface area contributed by atoms with Crippen LogP contribution >= 0.6 is 0 Å². The second-order valence-corrected chi connectivity index (χ2v) is 7.69. The van der Waals surface area contributed by atoms with Gasteiger partial charge in [-0.05, 0) is 24.3 Å². The zero-order valence-corrected chi connectivity index (χ0v) is 15.2. The number of hydrogen-bond donors (Lipinski definition) is 3. The lowest BCUT2D eigenvalue weighted by Gasteiger charge is -2.38. The molecule has 5 rings (SSSR count). The molecule has 0 aliphatic heterocycles. The summed E-state index contributed by atoms with van der Waals surface area (Å²) in [5, 5.41) is 5.12. The maximum absolute atomic E-state index is 14.9. The van der Waals surface area contributed by atoms with Gasteiger partial charge in [-0.3, -0.25) is 0 Å². The van der Waals surface area contributed by atoms with E-state index in [0.29, 0.717) is 28.8 Å². The maximum Gasteiger partial charge on any atom is 0.292 e. The van der Waals surface area contributed by atoms with Crippen molar-refractivity contribution in [2.75, 3.05) is 17.2 Å². The number of halogens is 1. The third-order valence-corrected chi connectivity index (χ3v) is 5.48. The van der Waals surface area contributed by atoms with Gasteiger partial charge in [-0.1, -0.05) is 13.3 Å². The second kappa shape index (κ2) is 5.54. The predicted molar refractivity (Wildman–Crippen MR) is 103 cm³/mol. The quantitative estimate of drug-likeness (QED) is 0.490. The van der Waals surface area contributed by atoms with E-state index in [9.17, 15) is 4.39 Å². The minimum atomic E-state index is -0.527. The molecule has 0 amide bonds. The van der Waals surface area contributed by atoms with Crippen molar-refractivity contribution in [3.63, 3.8) is 0 Å². The standard InChI is InChI=1S/C18H19FN8O/c1-18(3-2-4-18)7-27-15-12(14(20)24-16(21)25-15)13(26-27)8-5-10-11(6-9(8)19)28-17(22)23-10/h5-6H,2-4,7H2,1H3,(H2,22,23)(H4,20,21,24,25). The number of anilines is 3. The summed E-state index contributed by atoms with van der Waals surface area (Å²) >= 11 is 0. The number of rotatable bonds is 3. The lowest BCUT2D eigenvalue weighted by molar-refractivity contribution is 0.128. The highest BCUT2D eigenvalue weighted by molar-refractivity contribution is 6.00. The molecule has 0 radical (unpaired) electrons.